The van der Waals surface area contributed by atoms with Crippen LogP contribution in [-0.4, -0.2) is 25.0 Å². The molecule has 0 aliphatic rings. The number of ether oxygens (including phenoxy) is 1. The third kappa shape index (κ3) is 3.00. The number of rotatable bonds is 2. The van der Waals surface area contributed by atoms with Gasteiger partial charge in [0.25, 0.3) is 0 Å². The van der Waals surface area contributed by atoms with Crippen molar-refractivity contribution in [1.29, 1.82) is 0 Å². The zero-order valence-electron chi connectivity index (χ0n) is 9.84. The van der Waals surface area contributed by atoms with E-state index < -0.39 is 18.4 Å². The molecule has 0 saturated heterocycles. The minimum atomic E-state index is -5.18. The van der Waals surface area contributed by atoms with Gasteiger partial charge in [0.2, 0.25) is 0 Å². The molecule has 0 unspecified atom stereocenters. The van der Waals surface area contributed by atoms with E-state index in [1.807, 2.05) is 0 Å². The SMILES string of the molecule is COC(=O)c1cc([B-](F)(F)F)c2[nH]ccc2c1.[K+]. The summed E-state index contributed by atoms with van der Waals surface area (Å²) in [6, 6.07) is 3.65. The Morgan fingerprint density at radius 1 is 1.33 bits per heavy atom. The molecular formula is C10H8BF3KNO2. The van der Waals surface area contributed by atoms with E-state index in [1.54, 1.807) is 0 Å². The van der Waals surface area contributed by atoms with Crippen molar-refractivity contribution >= 4 is 29.3 Å². The molecule has 0 aliphatic carbocycles. The van der Waals surface area contributed by atoms with Gasteiger partial charge in [0, 0.05) is 11.7 Å². The zero-order valence-corrected chi connectivity index (χ0v) is 13.0. The number of nitrogens with one attached hydrogen (secondary N) is 1. The van der Waals surface area contributed by atoms with E-state index >= 15 is 0 Å². The summed E-state index contributed by atoms with van der Waals surface area (Å²) in [5.74, 6) is -0.783. The largest absolute Gasteiger partial charge is 1.00 e. The second kappa shape index (κ2) is 5.79. The molecule has 2 aromatic rings. The number of benzene rings is 1. The van der Waals surface area contributed by atoms with Gasteiger partial charge in [-0.15, -0.1) is 0 Å². The number of carbonyl (C=O) groups excluding carboxylic acids is 1. The number of halogens is 3. The molecule has 2 rings (SSSR count). The van der Waals surface area contributed by atoms with Crippen molar-refractivity contribution in [2.24, 2.45) is 0 Å². The number of hydrogen-bond acceptors (Lipinski definition) is 2. The average molecular weight is 281 g/mol. The maximum absolute atomic E-state index is 12.8. The Morgan fingerprint density at radius 3 is 2.56 bits per heavy atom. The van der Waals surface area contributed by atoms with Gasteiger partial charge >= 0.3 is 64.3 Å². The van der Waals surface area contributed by atoms with Crippen LogP contribution in [0.2, 0.25) is 0 Å². The zero-order chi connectivity index (χ0) is 12.6. The average Bonchev–Trinajstić information content (AvgIpc) is 2.72. The molecule has 1 aromatic heterocycles. The predicted molar refractivity (Wildman–Crippen MR) is 58.4 cm³/mol. The Bertz CT molecular complexity index is 582. The Balaban J connectivity index is 0.00000162. The van der Waals surface area contributed by atoms with Gasteiger partial charge in [-0.2, -0.15) is 0 Å². The number of methoxy groups -OCH3 is 1. The molecule has 0 radical (unpaired) electrons. The Kier molecular flexibility index (Phi) is 5.07. The molecule has 0 spiro atoms. The summed E-state index contributed by atoms with van der Waals surface area (Å²) in [6.45, 7) is -5.18. The normalized spacial score (nSPS) is 11.1. The first-order chi connectivity index (χ1) is 7.93. The molecule has 0 amide bonds. The molecule has 0 saturated carbocycles. The number of carbonyl (C=O) groups is 1. The van der Waals surface area contributed by atoms with Crippen molar-refractivity contribution in [2.45, 2.75) is 0 Å². The summed E-state index contributed by atoms with van der Waals surface area (Å²) < 4.78 is 42.9. The van der Waals surface area contributed by atoms with Crippen LogP contribution >= 0.6 is 0 Å². The number of fused-ring (bicyclic) bond motifs is 1. The van der Waals surface area contributed by atoms with E-state index in [2.05, 4.69) is 9.72 Å². The van der Waals surface area contributed by atoms with E-state index in [0.717, 1.165) is 13.2 Å². The minimum absolute atomic E-state index is 0. The van der Waals surface area contributed by atoms with Gasteiger partial charge in [-0.1, -0.05) is 11.5 Å². The molecule has 1 N–H and O–H groups in total. The van der Waals surface area contributed by atoms with Crippen molar-refractivity contribution < 1.29 is 73.9 Å². The third-order valence-electron chi connectivity index (χ3n) is 2.46. The monoisotopic (exact) mass is 281 g/mol. The number of esters is 1. The van der Waals surface area contributed by atoms with Gasteiger partial charge in [0.05, 0.1) is 12.7 Å². The molecule has 18 heavy (non-hydrogen) atoms. The molecule has 0 atom stereocenters. The number of hydrogen-bond donors (Lipinski definition) is 1. The summed E-state index contributed by atoms with van der Waals surface area (Å²) in [5, 5.41) is 0.335. The molecule has 90 valence electrons. The number of aromatic nitrogens is 1. The number of aromatic amines is 1. The van der Waals surface area contributed by atoms with Gasteiger partial charge in [0.15, 0.2) is 0 Å². The molecular weight excluding hydrogens is 273 g/mol. The maximum Gasteiger partial charge on any atom is 1.00 e. The van der Waals surface area contributed by atoms with Crippen molar-refractivity contribution in [3.8, 4) is 0 Å². The molecule has 8 heteroatoms. The van der Waals surface area contributed by atoms with Crippen LogP contribution in [-0.2, 0) is 4.74 Å². The smallest absolute Gasteiger partial charge is 0.465 e. The van der Waals surface area contributed by atoms with Crippen molar-refractivity contribution in [1.82, 2.24) is 4.98 Å². The van der Waals surface area contributed by atoms with Crippen LogP contribution in [0.25, 0.3) is 10.9 Å². The fraction of sp³-hybridized carbons (Fsp3) is 0.100. The van der Waals surface area contributed by atoms with Crippen LogP contribution < -0.4 is 56.8 Å². The molecule has 3 nitrogen and oxygen atoms in total. The van der Waals surface area contributed by atoms with Crippen LogP contribution in [0.15, 0.2) is 24.4 Å². The Labute approximate surface area is 144 Å². The first-order valence-corrected chi connectivity index (χ1v) is 4.83. The molecule has 0 fully saturated rings. The first-order valence-electron chi connectivity index (χ1n) is 4.83. The van der Waals surface area contributed by atoms with Crippen LogP contribution in [0.5, 0.6) is 0 Å². The molecule has 0 bridgehead atoms. The Morgan fingerprint density at radius 2 is 2.00 bits per heavy atom. The van der Waals surface area contributed by atoms with Crippen LogP contribution in [0.3, 0.4) is 0 Å². The van der Waals surface area contributed by atoms with Crippen molar-refractivity contribution in [3.63, 3.8) is 0 Å². The predicted octanol–water partition coefficient (Wildman–Crippen LogP) is -0.987. The van der Waals surface area contributed by atoms with Crippen LogP contribution in [0, 0.1) is 0 Å². The van der Waals surface area contributed by atoms with Gasteiger partial charge < -0.3 is 22.7 Å². The van der Waals surface area contributed by atoms with E-state index in [0.29, 0.717) is 5.39 Å². The maximum atomic E-state index is 12.8. The molecule has 0 aliphatic heterocycles. The summed E-state index contributed by atoms with van der Waals surface area (Å²) in [7, 11) is 1.13. The van der Waals surface area contributed by atoms with Gasteiger partial charge in [-0.25, -0.2) is 4.79 Å². The topological polar surface area (TPSA) is 42.1 Å². The first kappa shape index (κ1) is 15.8. The van der Waals surface area contributed by atoms with Gasteiger partial charge in [-0.05, 0) is 17.5 Å². The second-order valence-corrected chi connectivity index (χ2v) is 3.57. The second-order valence-electron chi connectivity index (χ2n) is 3.57. The summed E-state index contributed by atoms with van der Waals surface area (Å²) >= 11 is 0. The Hall–Kier alpha value is -0.279. The minimum Gasteiger partial charge on any atom is -0.465 e. The van der Waals surface area contributed by atoms with Gasteiger partial charge in [-0.3, -0.25) is 0 Å². The van der Waals surface area contributed by atoms with Crippen molar-refractivity contribution in [2.75, 3.05) is 7.11 Å². The summed E-state index contributed by atoms with van der Waals surface area (Å²) in [4.78, 5) is 13.8. The standard InChI is InChI=1S/C10H8BF3NO2.K/c1-17-10(16)7-4-6-2-3-15-9(6)8(5-7)11(12,13)14;/h2-5,15H,1H3;/q-1;+1. The summed E-state index contributed by atoms with van der Waals surface area (Å²) in [6.07, 6.45) is 1.40. The van der Waals surface area contributed by atoms with E-state index in [-0.39, 0.29) is 62.5 Å². The quantitative estimate of drug-likeness (QED) is 0.567. The van der Waals surface area contributed by atoms with E-state index in [1.165, 1.54) is 18.3 Å². The van der Waals surface area contributed by atoms with Gasteiger partial charge in [0.1, 0.15) is 0 Å². The van der Waals surface area contributed by atoms with E-state index in [4.69, 9.17) is 0 Å². The van der Waals surface area contributed by atoms with Crippen LogP contribution in [0.4, 0.5) is 12.9 Å². The summed E-state index contributed by atoms with van der Waals surface area (Å²) in [5.41, 5.74) is -0.924. The number of H-pyrrole nitrogens is 1. The third-order valence-corrected chi connectivity index (χ3v) is 2.46. The molecule has 1 heterocycles. The fourth-order valence-corrected chi connectivity index (χ4v) is 1.69. The van der Waals surface area contributed by atoms with E-state index in [9.17, 15) is 17.7 Å². The fourth-order valence-electron chi connectivity index (χ4n) is 1.69. The molecule has 1 aromatic carbocycles. The van der Waals surface area contributed by atoms with Crippen molar-refractivity contribution in [3.05, 3.63) is 30.0 Å². The van der Waals surface area contributed by atoms with Crippen LogP contribution in [0.1, 0.15) is 10.4 Å².